The second-order valence-electron chi connectivity index (χ2n) is 7.15. The van der Waals surface area contributed by atoms with Crippen LogP contribution in [0.15, 0.2) is 30.6 Å². The van der Waals surface area contributed by atoms with Crippen molar-refractivity contribution in [3.05, 3.63) is 58.8 Å². The van der Waals surface area contributed by atoms with Crippen molar-refractivity contribution >= 4 is 17.5 Å². The molecule has 1 saturated carbocycles. The number of fused-ring (bicyclic) bond motifs is 2. The molecule has 2 aliphatic rings. The third-order valence-electron chi connectivity index (χ3n) is 5.21. The summed E-state index contributed by atoms with van der Waals surface area (Å²) < 4.78 is 1.45. The highest BCUT2D eigenvalue weighted by atomic mass is 16.2. The van der Waals surface area contributed by atoms with Crippen molar-refractivity contribution < 1.29 is 9.59 Å². The predicted molar refractivity (Wildman–Crippen MR) is 96.4 cm³/mol. The third kappa shape index (κ3) is 2.64. The highest BCUT2D eigenvalue weighted by Gasteiger charge is 2.34. The average Bonchev–Trinajstić information content (AvgIpc) is 3.29. The van der Waals surface area contributed by atoms with Crippen LogP contribution in [0.1, 0.15) is 56.6 Å². The molecule has 0 aromatic carbocycles. The zero-order valence-electron chi connectivity index (χ0n) is 14.6. The van der Waals surface area contributed by atoms with Gasteiger partial charge in [-0.1, -0.05) is 6.07 Å². The number of rotatable bonds is 4. The lowest BCUT2D eigenvalue weighted by Gasteiger charge is -2.12. The summed E-state index contributed by atoms with van der Waals surface area (Å²) in [5, 5.41) is 7.56. The molecule has 0 aliphatic heterocycles. The van der Waals surface area contributed by atoms with E-state index in [4.69, 9.17) is 5.73 Å². The van der Waals surface area contributed by atoms with Crippen LogP contribution in [0.4, 0.5) is 0 Å². The zero-order chi connectivity index (χ0) is 18.5. The standard InChI is InChI=1S/C19H18N6O2/c20-17(26)15-16(10-3-4-10)24-25-14(5-7-22-18(15)25)19(27)23-12-8-11-2-1-6-21-13(11)9-12/h1-2,5-7,10,12H,3-4,8-9H2,(H2,20,26)(H,23,27). The summed E-state index contributed by atoms with van der Waals surface area (Å²) in [7, 11) is 0. The molecule has 2 amide bonds. The van der Waals surface area contributed by atoms with Gasteiger partial charge in [0.05, 0.1) is 5.69 Å². The summed E-state index contributed by atoms with van der Waals surface area (Å²) in [6.07, 6.45) is 6.68. The Labute approximate surface area is 154 Å². The Hall–Kier alpha value is -3.29. The first-order chi connectivity index (χ1) is 13.1. The Kier molecular flexibility index (Phi) is 3.46. The van der Waals surface area contributed by atoms with Gasteiger partial charge in [0.2, 0.25) is 0 Å². The summed E-state index contributed by atoms with van der Waals surface area (Å²) in [5.41, 5.74) is 9.40. The smallest absolute Gasteiger partial charge is 0.270 e. The third-order valence-corrected chi connectivity index (χ3v) is 5.21. The van der Waals surface area contributed by atoms with Crippen LogP contribution >= 0.6 is 0 Å². The van der Waals surface area contributed by atoms with Crippen molar-refractivity contribution in [1.82, 2.24) is 24.9 Å². The summed E-state index contributed by atoms with van der Waals surface area (Å²) in [6.45, 7) is 0. The molecule has 8 heteroatoms. The minimum absolute atomic E-state index is 0.0142. The van der Waals surface area contributed by atoms with Crippen molar-refractivity contribution in [2.24, 2.45) is 5.73 Å². The molecule has 27 heavy (non-hydrogen) atoms. The van der Waals surface area contributed by atoms with E-state index in [-0.39, 0.29) is 17.9 Å². The zero-order valence-corrected chi connectivity index (χ0v) is 14.6. The fourth-order valence-electron chi connectivity index (χ4n) is 3.79. The molecule has 0 radical (unpaired) electrons. The number of nitrogens with two attached hydrogens (primary N) is 1. The van der Waals surface area contributed by atoms with Crippen LogP contribution in [-0.4, -0.2) is 37.4 Å². The summed E-state index contributed by atoms with van der Waals surface area (Å²) in [5.74, 6) is -0.587. The minimum atomic E-state index is -0.561. The maximum atomic E-state index is 12.9. The molecule has 136 valence electrons. The van der Waals surface area contributed by atoms with Gasteiger partial charge in [-0.15, -0.1) is 0 Å². The summed E-state index contributed by atoms with van der Waals surface area (Å²) in [4.78, 5) is 33.5. The second-order valence-corrected chi connectivity index (χ2v) is 7.15. The predicted octanol–water partition coefficient (Wildman–Crippen LogP) is 0.998. The van der Waals surface area contributed by atoms with E-state index in [0.29, 0.717) is 29.0 Å². The summed E-state index contributed by atoms with van der Waals surface area (Å²) in [6, 6.07) is 5.54. The largest absolute Gasteiger partial charge is 0.365 e. The Morgan fingerprint density at radius 1 is 1.15 bits per heavy atom. The van der Waals surface area contributed by atoms with E-state index in [2.05, 4.69) is 20.4 Å². The van der Waals surface area contributed by atoms with E-state index in [1.54, 1.807) is 12.3 Å². The highest BCUT2D eigenvalue weighted by molar-refractivity contribution is 6.01. The number of amides is 2. The van der Waals surface area contributed by atoms with Gasteiger partial charge in [0.1, 0.15) is 11.3 Å². The SMILES string of the molecule is NC(=O)c1c(C2CC2)nn2c(C(=O)NC3Cc4cccnc4C3)ccnc12. The molecule has 0 saturated heterocycles. The van der Waals surface area contributed by atoms with E-state index in [0.717, 1.165) is 30.5 Å². The van der Waals surface area contributed by atoms with Gasteiger partial charge in [0.15, 0.2) is 5.65 Å². The molecule has 1 atom stereocenters. The lowest BCUT2D eigenvalue weighted by atomic mass is 10.1. The van der Waals surface area contributed by atoms with Crippen LogP contribution in [0.3, 0.4) is 0 Å². The van der Waals surface area contributed by atoms with Crippen molar-refractivity contribution in [1.29, 1.82) is 0 Å². The highest BCUT2D eigenvalue weighted by Crippen LogP contribution is 2.41. The van der Waals surface area contributed by atoms with E-state index < -0.39 is 5.91 Å². The lowest BCUT2D eigenvalue weighted by molar-refractivity contribution is 0.0929. The molecule has 3 aromatic rings. The number of carbonyl (C=O) groups is 2. The molecule has 3 N–H and O–H groups in total. The van der Waals surface area contributed by atoms with E-state index in [9.17, 15) is 9.59 Å². The van der Waals surface area contributed by atoms with E-state index in [1.165, 1.54) is 10.7 Å². The van der Waals surface area contributed by atoms with Gasteiger partial charge in [-0.25, -0.2) is 9.50 Å². The van der Waals surface area contributed by atoms with Gasteiger partial charge >= 0.3 is 0 Å². The first-order valence-corrected chi connectivity index (χ1v) is 9.03. The Bertz CT molecular complexity index is 1060. The lowest BCUT2D eigenvalue weighted by Crippen LogP contribution is -2.36. The number of hydrogen-bond donors (Lipinski definition) is 2. The number of pyridine rings is 1. The molecule has 2 aliphatic carbocycles. The molecule has 0 bridgehead atoms. The van der Waals surface area contributed by atoms with E-state index >= 15 is 0 Å². The van der Waals surface area contributed by atoms with Crippen LogP contribution in [-0.2, 0) is 12.8 Å². The van der Waals surface area contributed by atoms with Crippen molar-refractivity contribution in [2.75, 3.05) is 0 Å². The van der Waals surface area contributed by atoms with Crippen molar-refractivity contribution in [3.63, 3.8) is 0 Å². The fourth-order valence-corrected chi connectivity index (χ4v) is 3.79. The molecule has 5 rings (SSSR count). The first kappa shape index (κ1) is 15.9. The van der Waals surface area contributed by atoms with Gasteiger partial charge in [0.25, 0.3) is 11.8 Å². The molecule has 1 unspecified atom stereocenters. The molecule has 3 aromatic heterocycles. The molecular formula is C19H18N6O2. The number of nitrogens with one attached hydrogen (secondary N) is 1. The second kappa shape index (κ2) is 5.87. The monoisotopic (exact) mass is 362 g/mol. The topological polar surface area (TPSA) is 115 Å². The van der Waals surface area contributed by atoms with Crippen LogP contribution in [0.25, 0.3) is 5.65 Å². The van der Waals surface area contributed by atoms with Gasteiger partial charge in [-0.3, -0.25) is 14.6 Å². The molecule has 3 heterocycles. The van der Waals surface area contributed by atoms with Crippen LogP contribution in [0.5, 0.6) is 0 Å². The van der Waals surface area contributed by atoms with Gasteiger partial charge < -0.3 is 11.1 Å². The van der Waals surface area contributed by atoms with Crippen molar-refractivity contribution in [2.45, 2.75) is 37.6 Å². The summed E-state index contributed by atoms with van der Waals surface area (Å²) >= 11 is 0. The first-order valence-electron chi connectivity index (χ1n) is 9.03. The van der Waals surface area contributed by atoms with Crippen molar-refractivity contribution in [3.8, 4) is 0 Å². The van der Waals surface area contributed by atoms with Crippen LogP contribution in [0.2, 0.25) is 0 Å². The quantitative estimate of drug-likeness (QED) is 0.718. The number of primary amides is 1. The van der Waals surface area contributed by atoms with Gasteiger partial charge in [0, 0.05) is 36.5 Å². The van der Waals surface area contributed by atoms with Crippen LogP contribution < -0.4 is 11.1 Å². The number of hydrogen-bond acceptors (Lipinski definition) is 5. The number of nitrogens with zero attached hydrogens (tertiary/aromatic N) is 4. The van der Waals surface area contributed by atoms with Gasteiger partial charge in [-0.2, -0.15) is 5.10 Å². The number of aromatic nitrogens is 4. The molecule has 8 nitrogen and oxygen atoms in total. The maximum absolute atomic E-state index is 12.9. The molecular weight excluding hydrogens is 344 g/mol. The Morgan fingerprint density at radius 3 is 2.74 bits per heavy atom. The minimum Gasteiger partial charge on any atom is -0.365 e. The molecule has 1 fully saturated rings. The Morgan fingerprint density at radius 2 is 2.00 bits per heavy atom. The molecule has 0 spiro atoms. The maximum Gasteiger partial charge on any atom is 0.270 e. The normalized spacial score (nSPS) is 18.4. The number of carbonyl (C=O) groups excluding carboxylic acids is 2. The van der Waals surface area contributed by atoms with E-state index in [1.807, 2.05) is 12.1 Å². The average molecular weight is 362 g/mol. The van der Waals surface area contributed by atoms with Gasteiger partial charge in [-0.05, 0) is 37.0 Å². The van der Waals surface area contributed by atoms with Crippen LogP contribution in [0, 0.1) is 0 Å². The Balaban J connectivity index is 1.47. The fraction of sp³-hybridized carbons (Fsp3) is 0.316.